The molecule has 3 heteroatoms. The van der Waals surface area contributed by atoms with Gasteiger partial charge in [-0.05, 0) is 18.4 Å². The van der Waals surface area contributed by atoms with Crippen LogP contribution in [0.1, 0.15) is 18.4 Å². The number of hydrogen-bond acceptors (Lipinski definition) is 1. The van der Waals surface area contributed by atoms with Gasteiger partial charge >= 0.3 is 5.97 Å². The molecule has 0 radical (unpaired) electrons. The van der Waals surface area contributed by atoms with Gasteiger partial charge in [0.05, 0.1) is 0 Å². The zero-order valence-corrected chi connectivity index (χ0v) is 9.98. The van der Waals surface area contributed by atoms with Crippen LogP contribution in [0.3, 0.4) is 0 Å². The van der Waals surface area contributed by atoms with Gasteiger partial charge in [0.2, 0.25) is 0 Å². The summed E-state index contributed by atoms with van der Waals surface area (Å²) in [7, 11) is 0. The summed E-state index contributed by atoms with van der Waals surface area (Å²) in [6, 6.07) is 10.2. The second-order valence-corrected chi connectivity index (χ2v) is 4.98. The van der Waals surface area contributed by atoms with Crippen molar-refractivity contribution >= 4 is 28.6 Å². The Morgan fingerprint density at radius 3 is 2.57 bits per heavy atom. The molecule has 1 unspecified atom stereocenters. The molecule has 0 amide bonds. The highest BCUT2D eigenvalue weighted by molar-refractivity contribution is 14.1. The lowest BCUT2D eigenvalue weighted by molar-refractivity contribution is -0.137. The summed E-state index contributed by atoms with van der Waals surface area (Å²) in [5, 5.41) is 8.53. The molecule has 0 heterocycles. The van der Waals surface area contributed by atoms with Gasteiger partial charge in [-0.1, -0.05) is 52.9 Å². The fourth-order valence-corrected chi connectivity index (χ4v) is 2.07. The van der Waals surface area contributed by atoms with Crippen LogP contribution in [0.25, 0.3) is 0 Å². The minimum atomic E-state index is -0.709. The van der Waals surface area contributed by atoms with Gasteiger partial charge in [0.1, 0.15) is 0 Å². The lowest BCUT2D eigenvalue weighted by atomic mass is 10.1. The quantitative estimate of drug-likeness (QED) is 0.671. The van der Waals surface area contributed by atoms with Crippen LogP contribution in [0, 0.1) is 0 Å². The maximum atomic E-state index is 10.4. The van der Waals surface area contributed by atoms with E-state index in [2.05, 4.69) is 34.7 Å². The largest absolute Gasteiger partial charge is 0.481 e. The number of benzene rings is 1. The second kappa shape index (κ2) is 6.01. The highest BCUT2D eigenvalue weighted by Gasteiger charge is 2.07. The molecule has 1 atom stereocenters. The van der Waals surface area contributed by atoms with E-state index in [1.807, 2.05) is 18.2 Å². The number of alkyl halides is 1. The van der Waals surface area contributed by atoms with E-state index in [1.54, 1.807) is 0 Å². The number of carbonyl (C=O) groups is 1. The van der Waals surface area contributed by atoms with Crippen molar-refractivity contribution in [2.24, 2.45) is 0 Å². The normalized spacial score (nSPS) is 12.4. The van der Waals surface area contributed by atoms with Crippen molar-refractivity contribution in [1.29, 1.82) is 0 Å². The SMILES string of the molecule is O=C(O)CCC(I)Cc1ccccc1. The molecular formula is C11H13IO2. The molecule has 0 aliphatic carbocycles. The van der Waals surface area contributed by atoms with Crippen molar-refractivity contribution in [1.82, 2.24) is 0 Å². The summed E-state index contributed by atoms with van der Waals surface area (Å²) in [4.78, 5) is 10.4. The Labute approximate surface area is 97.5 Å². The van der Waals surface area contributed by atoms with Crippen LogP contribution in [-0.4, -0.2) is 15.0 Å². The van der Waals surface area contributed by atoms with Gasteiger partial charge < -0.3 is 5.11 Å². The molecule has 1 aromatic carbocycles. The Morgan fingerprint density at radius 1 is 1.36 bits per heavy atom. The predicted molar refractivity (Wildman–Crippen MR) is 64.8 cm³/mol. The van der Waals surface area contributed by atoms with Crippen molar-refractivity contribution < 1.29 is 9.90 Å². The Balaban J connectivity index is 2.34. The molecule has 1 N–H and O–H groups in total. The van der Waals surface area contributed by atoms with Crippen LogP contribution >= 0.6 is 22.6 Å². The van der Waals surface area contributed by atoms with Crippen molar-refractivity contribution in [3.63, 3.8) is 0 Å². The average molecular weight is 304 g/mol. The lowest BCUT2D eigenvalue weighted by Gasteiger charge is -2.07. The Morgan fingerprint density at radius 2 is 2.00 bits per heavy atom. The van der Waals surface area contributed by atoms with E-state index in [-0.39, 0.29) is 6.42 Å². The van der Waals surface area contributed by atoms with Crippen LogP contribution in [-0.2, 0) is 11.2 Å². The number of hydrogen-bond donors (Lipinski definition) is 1. The van der Waals surface area contributed by atoms with Crippen LogP contribution in [0.4, 0.5) is 0 Å². The number of aliphatic carboxylic acids is 1. The average Bonchev–Trinajstić information content (AvgIpc) is 2.16. The summed E-state index contributed by atoms with van der Waals surface area (Å²) < 4.78 is 0.408. The standard InChI is InChI=1S/C11H13IO2/c12-10(6-7-11(13)14)8-9-4-2-1-3-5-9/h1-5,10H,6-8H2,(H,13,14). The third kappa shape index (κ3) is 4.60. The molecule has 0 aliphatic heterocycles. The third-order valence-corrected chi connectivity index (χ3v) is 3.03. The number of rotatable bonds is 5. The molecule has 0 aromatic heterocycles. The summed E-state index contributed by atoms with van der Waals surface area (Å²) in [5.41, 5.74) is 1.28. The molecule has 0 spiro atoms. The minimum Gasteiger partial charge on any atom is -0.481 e. The molecule has 0 saturated carbocycles. The molecule has 1 aromatic rings. The van der Waals surface area contributed by atoms with Gasteiger partial charge in [0.25, 0.3) is 0 Å². The van der Waals surface area contributed by atoms with Crippen LogP contribution in [0.5, 0.6) is 0 Å². The molecule has 76 valence electrons. The summed E-state index contributed by atoms with van der Waals surface area (Å²) in [5.74, 6) is -0.709. The van der Waals surface area contributed by atoms with Crippen LogP contribution in [0.15, 0.2) is 30.3 Å². The van der Waals surface area contributed by atoms with Gasteiger partial charge in [-0.3, -0.25) is 4.79 Å². The monoisotopic (exact) mass is 304 g/mol. The Kier molecular flexibility index (Phi) is 4.93. The predicted octanol–water partition coefficient (Wildman–Crippen LogP) is 2.90. The smallest absolute Gasteiger partial charge is 0.303 e. The van der Waals surface area contributed by atoms with Crippen LogP contribution < -0.4 is 0 Å². The van der Waals surface area contributed by atoms with E-state index in [0.717, 1.165) is 12.8 Å². The first kappa shape index (κ1) is 11.5. The summed E-state index contributed by atoms with van der Waals surface area (Å²) >= 11 is 2.32. The molecule has 0 aliphatic rings. The highest BCUT2D eigenvalue weighted by Crippen LogP contribution is 2.15. The molecule has 0 saturated heterocycles. The van der Waals surface area contributed by atoms with Gasteiger partial charge in [0.15, 0.2) is 0 Å². The van der Waals surface area contributed by atoms with E-state index in [9.17, 15) is 4.79 Å². The zero-order chi connectivity index (χ0) is 10.4. The Bertz CT molecular complexity index is 285. The zero-order valence-electron chi connectivity index (χ0n) is 7.82. The van der Waals surface area contributed by atoms with E-state index in [0.29, 0.717) is 3.92 Å². The van der Waals surface area contributed by atoms with E-state index in [4.69, 9.17) is 5.11 Å². The van der Waals surface area contributed by atoms with Crippen LogP contribution in [0.2, 0.25) is 0 Å². The first-order chi connectivity index (χ1) is 6.68. The van der Waals surface area contributed by atoms with Gasteiger partial charge in [-0.2, -0.15) is 0 Å². The van der Waals surface area contributed by atoms with Crippen molar-refractivity contribution in [3.8, 4) is 0 Å². The molecule has 14 heavy (non-hydrogen) atoms. The molecule has 0 bridgehead atoms. The summed E-state index contributed by atoms with van der Waals surface area (Å²) in [6.45, 7) is 0. The second-order valence-electron chi connectivity index (χ2n) is 3.22. The fraction of sp³-hybridized carbons (Fsp3) is 0.364. The van der Waals surface area contributed by atoms with Crippen molar-refractivity contribution in [2.45, 2.75) is 23.2 Å². The molecule has 2 nitrogen and oxygen atoms in total. The maximum absolute atomic E-state index is 10.4. The van der Waals surface area contributed by atoms with Crippen molar-refractivity contribution in [3.05, 3.63) is 35.9 Å². The first-order valence-corrected chi connectivity index (χ1v) is 5.83. The lowest BCUT2D eigenvalue weighted by Crippen LogP contribution is -2.06. The highest BCUT2D eigenvalue weighted by atomic mass is 127. The third-order valence-electron chi connectivity index (χ3n) is 1.97. The Hall–Kier alpha value is -0.580. The molecule has 1 rings (SSSR count). The van der Waals surface area contributed by atoms with E-state index >= 15 is 0 Å². The van der Waals surface area contributed by atoms with Gasteiger partial charge in [-0.25, -0.2) is 0 Å². The van der Waals surface area contributed by atoms with E-state index in [1.165, 1.54) is 5.56 Å². The molecule has 0 fully saturated rings. The molecular weight excluding hydrogens is 291 g/mol. The topological polar surface area (TPSA) is 37.3 Å². The number of carboxylic acids is 1. The summed E-state index contributed by atoms with van der Waals surface area (Å²) in [6.07, 6.45) is 1.96. The van der Waals surface area contributed by atoms with E-state index < -0.39 is 5.97 Å². The minimum absolute atomic E-state index is 0.264. The number of halogens is 1. The fourth-order valence-electron chi connectivity index (χ4n) is 1.25. The first-order valence-electron chi connectivity index (χ1n) is 4.58. The number of carboxylic acid groups (broad SMARTS) is 1. The maximum Gasteiger partial charge on any atom is 0.303 e. The van der Waals surface area contributed by atoms with Gasteiger partial charge in [-0.15, -0.1) is 0 Å². The van der Waals surface area contributed by atoms with Gasteiger partial charge in [0, 0.05) is 10.3 Å². The van der Waals surface area contributed by atoms with Crippen molar-refractivity contribution in [2.75, 3.05) is 0 Å².